The summed E-state index contributed by atoms with van der Waals surface area (Å²) in [5, 5.41) is 9.66. The second kappa shape index (κ2) is 5.03. The van der Waals surface area contributed by atoms with Crippen molar-refractivity contribution < 1.29 is 14.3 Å². The predicted molar refractivity (Wildman–Crippen MR) is 67.1 cm³/mol. The normalized spacial score (nSPS) is 28.1. The molecule has 4 nitrogen and oxygen atoms in total. The van der Waals surface area contributed by atoms with Crippen LogP contribution in [0.15, 0.2) is 22.8 Å². The summed E-state index contributed by atoms with van der Waals surface area (Å²) in [5.74, 6) is 1.01. The van der Waals surface area contributed by atoms with Gasteiger partial charge in [-0.05, 0) is 31.4 Å². The molecule has 0 aromatic carbocycles. The third-order valence-corrected chi connectivity index (χ3v) is 4.06. The monoisotopic (exact) mass is 251 g/mol. The van der Waals surface area contributed by atoms with Crippen molar-refractivity contribution in [1.82, 2.24) is 4.90 Å². The fourth-order valence-electron chi connectivity index (χ4n) is 2.74. The third-order valence-electron chi connectivity index (χ3n) is 4.06. The van der Waals surface area contributed by atoms with Crippen LogP contribution in [0.1, 0.15) is 25.0 Å². The van der Waals surface area contributed by atoms with E-state index in [-0.39, 0.29) is 12.0 Å². The summed E-state index contributed by atoms with van der Waals surface area (Å²) in [7, 11) is 0. The molecule has 1 aliphatic carbocycles. The van der Waals surface area contributed by atoms with Gasteiger partial charge in [-0.25, -0.2) is 0 Å². The van der Waals surface area contributed by atoms with Crippen LogP contribution in [0.25, 0.3) is 0 Å². The van der Waals surface area contributed by atoms with Crippen molar-refractivity contribution in [2.24, 2.45) is 5.41 Å². The molecule has 0 bridgehead atoms. The SMILES string of the molecule is OCC1(CN(Cc2ccco2)C2CC2)CCOC1. The molecule has 2 fully saturated rings. The fourth-order valence-corrected chi connectivity index (χ4v) is 2.74. The summed E-state index contributed by atoms with van der Waals surface area (Å²) in [6, 6.07) is 4.62. The van der Waals surface area contributed by atoms with Crippen LogP contribution in [0.4, 0.5) is 0 Å². The second-order valence-electron chi connectivity index (χ2n) is 5.68. The first-order valence-corrected chi connectivity index (χ1v) is 6.76. The van der Waals surface area contributed by atoms with E-state index in [9.17, 15) is 5.11 Å². The second-order valence-corrected chi connectivity index (χ2v) is 5.68. The van der Waals surface area contributed by atoms with Crippen LogP contribution in [-0.2, 0) is 11.3 Å². The molecule has 1 atom stereocenters. The molecular formula is C14H21NO3. The zero-order valence-electron chi connectivity index (χ0n) is 10.7. The van der Waals surface area contributed by atoms with E-state index in [2.05, 4.69) is 4.90 Å². The maximum absolute atomic E-state index is 9.66. The maximum atomic E-state index is 9.66. The van der Waals surface area contributed by atoms with E-state index in [1.54, 1.807) is 6.26 Å². The van der Waals surface area contributed by atoms with Gasteiger partial charge in [0.15, 0.2) is 0 Å². The van der Waals surface area contributed by atoms with Gasteiger partial charge < -0.3 is 14.3 Å². The fraction of sp³-hybridized carbons (Fsp3) is 0.714. The minimum Gasteiger partial charge on any atom is -0.468 e. The molecule has 1 saturated carbocycles. The number of furan rings is 1. The van der Waals surface area contributed by atoms with Crippen molar-refractivity contribution in [3.8, 4) is 0 Å². The van der Waals surface area contributed by atoms with Gasteiger partial charge in [-0.3, -0.25) is 4.90 Å². The lowest BCUT2D eigenvalue weighted by molar-refractivity contribution is 0.0489. The molecular weight excluding hydrogens is 230 g/mol. The summed E-state index contributed by atoms with van der Waals surface area (Å²) in [6.45, 7) is 3.44. The first-order chi connectivity index (χ1) is 8.81. The molecule has 2 heterocycles. The van der Waals surface area contributed by atoms with Gasteiger partial charge in [-0.1, -0.05) is 0 Å². The largest absolute Gasteiger partial charge is 0.468 e. The number of nitrogens with zero attached hydrogens (tertiary/aromatic N) is 1. The van der Waals surface area contributed by atoms with Gasteiger partial charge in [-0.15, -0.1) is 0 Å². The van der Waals surface area contributed by atoms with Gasteiger partial charge in [0.1, 0.15) is 5.76 Å². The van der Waals surface area contributed by atoms with Crippen molar-refractivity contribution >= 4 is 0 Å². The number of rotatable bonds is 6. The summed E-state index contributed by atoms with van der Waals surface area (Å²) in [5.41, 5.74) is -0.0603. The highest BCUT2D eigenvalue weighted by Gasteiger charge is 2.40. The van der Waals surface area contributed by atoms with Gasteiger partial charge in [-0.2, -0.15) is 0 Å². The van der Waals surface area contributed by atoms with E-state index in [0.717, 1.165) is 31.9 Å². The van der Waals surface area contributed by atoms with Gasteiger partial charge in [0.05, 0.1) is 26.0 Å². The molecule has 18 heavy (non-hydrogen) atoms. The standard InChI is InChI=1S/C14H21NO3/c16-10-14(5-7-17-11-14)9-15(12-3-4-12)8-13-2-1-6-18-13/h1-2,6,12,16H,3-5,7-11H2. The Balaban J connectivity index is 1.66. The maximum Gasteiger partial charge on any atom is 0.117 e. The molecule has 1 aromatic heterocycles. The molecule has 0 amide bonds. The highest BCUT2D eigenvalue weighted by atomic mass is 16.5. The van der Waals surface area contributed by atoms with Gasteiger partial charge >= 0.3 is 0 Å². The third kappa shape index (κ3) is 2.60. The number of aliphatic hydroxyl groups excluding tert-OH is 1. The molecule has 1 saturated heterocycles. The quantitative estimate of drug-likeness (QED) is 0.835. The summed E-state index contributed by atoms with van der Waals surface area (Å²) in [4.78, 5) is 2.45. The number of hydrogen-bond acceptors (Lipinski definition) is 4. The molecule has 0 spiro atoms. The van der Waals surface area contributed by atoms with E-state index >= 15 is 0 Å². The Bertz CT molecular complexity index is 366. The molecule has 3 rings (SSSR count). The first kappa shape index (κ1) is 12.2. The lowest BCUT2D eigenvalue weighted by Crippen LogP contribution is -2.41. The highest BCUT2D eigenvalue weighted by molar-refractivity contribution is 5.01. The molecule has 1 unspecified atom stereocenters. The van der Waals surface area contributed by atoms with Crippen molar-refractivity contribution in [2.75, 3.05) is 26.4 Å². The average Bonchev–Trinajstić information content (AvgIpc) is 2.92. The molecule has 1 aliphatic heterocycles. The Labute approximate surface area is 108 Å². The Hall–Kier alpha value is -0.840. The van der Waals surface area contributed by atoms with Gasteiger partial charge in [0.25, 0.3) is 0 Å². The van der Waals surface area contributed by atoms with E-state index in [4.69, 9.17) is 9.15 Å². The Morgan fingerprint density at radius 1 is 1.44 bits per heavy atom. The summed E-state index contributed by atoms with van der Waals surface area (Å²) >= 11 is 0. The van der Waals surface area contributed by atoms with Crippen LogP contribution >= 0.6 is 0 Å². The Morgan fingerprint density at radius 3 is 2.89 bits per heavy atom. The van der Waals surface area contributed by atoms with Crippen LogP contribution in [0.5, 0.6) is 0 Å². The van der Waals surface area contributed by atoms with E-state index in [0.29, 0.717) is 12.6 Å². The van der Waals surface area contributed by atoms with Crippen molar-refractivity contribution in [3.05, 3.63) is 24.2 Å². The van der Waals surface area contributed by atoms with Crippen LogP contribution in [0.3, 0.4) is 0 Å². The van der Waals surface area contributed by atoms with Crippen molar-refractivity contribution in [2.45, 2.75) is 31.8 Å². The predicted octanol–water partition coefficient (Wildman–Crippen LogP) is 1.64. The minimum absolute atomic E-state index is 0.0603. The van der Waals surface area contributed by atoms with Gasteiger partial charge in [0.2, 0.25) is 0 Å². The van der Waals surface area contributed by atoms with Crippen LogP contribution < -0.4 is 0 Å². The smallest absolute Gasteiger partial charge is 0.117 e. The van der Waals surface area contributed by atoms with Crippen molar-refractivity contribution in [3.63, 3.8) is 0 Å². The molecule has 100 valence electrons. The molecule has 1 aromatic rings. The van der Waals surface area contributed by atoms with Crippen molar-refractivity contribution in [1.29, 1.82) is 0 Å². The minimum atomic E-state index is -0.0603. The first-order valence-electron chi connectivity index (χ1n) is 6.76. The van der Waals surface area contributed by atoms with E-state index < -0.39 is 0 Å². The van der Waals surface area contributed by atoms with Crippen LogP contribution in [0.2, 0.25) is 0 Å². The Kier molecular flexibility index (Phi) is 3.41. The molecule has 2 aliphatic rings. The van der Waals surface area contributed by atoms with Crippen LogP contribution in [-0.4, -0.2) is 42.4 Å². The lowest BCUT2D eigenvalue weighted by Gasteiger charge is -2.32. The summed E-state index contributed by atoms with van der Waals surface area (Å²) in [6.07, 6.45) is 5.22. The number of ether oxygens (including phenoxy) is 1. The topological polar surface area (TPSA) is 45.8 Å². The zero-order valence-corrected chi connectivity index (χ0v) is 10.7. The van der Waals surface area contributed by atoms with Crippen LogP contribution in [0, 0.1) is 5.41 Å². The number of aliphatic hydroxyl groups is 1. The van der Waals surface area contributed by atoms with E-state index in [1.807, 2.05) is 12.1 Å². The van der Waals surface area contributed by atoms with E-state index in [1.165, 1.54) is 12.8 Å². The Morgan fingerprint density at radius 2 is 2.33 bits per heavy atom. The van der Waals surface area contributed by atoms with Gasteiger partial charge in [0, 0.05) is 24.6 Å². The summed E-state index contributed by atoms with van der Waals surface area (Å²) < 4.78 is 10.9. The number of hydrogen-bond donors (Lipinski definition) is 1. The highest BCUT2D eigenvalue weighted by Crippen LogP contribution is 2.35. The lowest BCUT2D eigenvalue weighted by atomic mass is 9.87. The molecule has 1 N–H and O–H groups in total. The molecule has 0 radical (unpaired) electrons. The average molecular weight is 251 g/mol. The zero-order chi connectivity index (χ0) is 12.4. The molecule has 4 heteroatoms.